The fourth-order valence-corrected chi connectivity index (χ4v) is 4.82. The molecule has 0 aromatic heterocycles. The summed E-state index contributed by atoms with van der Waals surface area (Å²) in [6.07, 6.45) is 3.96. The first-order valence-electron chi connectivity index (χ1n) is 10.7. The number of nitrogens with one attached hydrogen (secondary N) is 3. The monoisotopic (exact) mass is 551 g/mol. The number of piperidine rings is 1. The van der Waals surface area contributed by atoms with Crippen molar-refractivity contribution in [2.75, 3.05) is 32.7 Å². The predicted octanol–water partition coefficient (Wildman–Crippen LogP) is 2.67. The topological polar surface area (TPSA) is 85.8 Å². The van der Waals surface area contributed by atoms with Gasteiger partial charge < -0.3 is 15.5 Å². The molecular weight excluding hydrogens is 513 g/mol. The molecule has 0 spiro atoms. The summed E-state index contributed by atoms with van der Waals surface area (Å²) >= 11 is 0. The van der Waals surface area contributed by atoms with Crippen LogP contribution in [0.1, 0.15) is 51.2 Å². The van der Waals surface area contributed by atoms with E-state index in [-0.39, 0.29) is 35.8 Å². The van der Waals surface area contributed by atoms with Gasteiger partial charge in [-0.3, -0.25) is 0 Å². The molecule has 2 rings (SSSR count). The smallest absolute Gasteiger partial charge is 0.216 e. The standard InChI is InChI=1S/C21H37N5O2S.HI/c1-4-22-21(23-12-15-26-13-6-5-7-14-26)24-16-19-8-10-20(11-9-19)17-29(27,28)25-18(2)3;/h8-11,18,25H,4-7,12-17H2,1-3H3,(H2,22,23,24);1H. The van der Waals surface area contributed by atoms with Crippen LogP contribution >= 0.6 is 24.0 Å². The Morgan fingerprint density at radius 3 is 2.30 bits per heavy atom. The summed E-state index contributed by atoms with van der Waals surface area (Å²) in [5.74, 6) is 0.812. The molecule has 1 fully saturated rings. The summed E-state index contributed by atoms with van der Waals surface area (Å²) in [6, 6.07) is 7.52. The van der Waals surface area contributed by atoms with Gasteiger partial charge in [0, 0.05) is 25.7 Å². The Balaban J connectivity index is 0.00000450. The largest absolute Gasteiger partial charge is 0.357 e. The zero-order chi connectivity index (χ0) is 21.1. The molecule has 1 aliphatic rings. The molecule has 0 atom stereocenters. The molecule has 30 heavy (non-hydrogen) atoms. The number of nitrogens with zero attached hydrogens (tertiary/aromatic N) is 2. The van der Waals surface area contributed by atoms with E-state index in [1.807, 2.05) is 38.1 Å². The first kappa shape index (κ1) is 27.1. The molecule has 0 aliphatic carbocycles. The lowest BCUT2D eigenvalue weighted by Crippen LogP contribution is -2.42. The fraction of sp³-hybridized carbons (Fsp3) is 0.667. The van der Waals surface area contributed by atoms with Gasteiger partial charge in [-0.25, -0.2) is 18.1 Å². The molecule has 9 heteroatoms. The highest BCUT2D eigenvalue weighted by molar-refractivity contribution is 14.0. The first-order valence-corrected chi connectivity index (χ1v) is 12.4. The van der Waals surface area contributed by atoms with Crippen molar-refractivity contribution in [3.63, 3.8) is 0 Å². The zero-order valence-electron chi connectivity index (χ0n) is 18.5. The van der Waals surface area contributed by atoms with E-state index >= 15 is 0 Å². The van der Waals surface area contributed by atoms with Gasteiger partial charge in [-0.05, 0) is 57.8 Å². The molecule has 1 heterocycles. The molecule has 0 saturated carbocycles. The Hall–Kier alpha value is -0.910. The third-order valence-electron chi connectivity index (χ3n) is 4.73. The average Bonchev–Trinajstić information content (AvgIpc) is 2.67. The quantitative estimate of drug-likeness (QED) is 0.237. The molecule has 1 aromatic rings. The fourth-order valence-electron chi connectivity index (χ4n) is 3.39. The highest BCUT2D eigenvalue weighted by Gasteiger charge is 2.13. The van der Waals surface area contributed by atoms with Crippen molar-refractivity contribution in [2.24, 2.45) is 4.99 Å². The molecule has 3 N–H and O–H groups in total. The lowest BCUT2D eigenvalue weighted by molar-refractivity contribution is 0.232. The van der Waals surface area contributed by atoms with Gasteiger partial charge >= 0.3 is 0 Å². The van der Waals surface area contributed by atoms with Crippen LogP contribution in [0.4, 0.5) is 0 Å². The van der Waals surface area contributed by atoms with E-state index < -0.39 is 10.0 Å². The van der Waals surface area contributed by atoms with Crippen LogP contribution in [0.15, 0.2) is 29.3 Å². The second-order valence-corrected chi connectivity index (χ2v) is 9.63. The number of sulfonamides is 1. The maximum absolute atomic E-state index is 12.0. The van der Waals surface area contributed by atoms with E-state index in [0.29, 0.717) is 6.54 Å². The number of benzene rings is 1. The average molecular weight is 552 g/mol. The van der Waals surface area contributed by atoms with Crippen LogP contribution in [0.3, 0.4) is 0 Å². The number of aliphatic imine (C=N–C) groups is 1. The normalized spacial score (nSPS) is 15.7. The molecule has 7 nitrogen and oxygen atoms in total. The van der Waals surface area contributed by atoms with Gasteiger partial charge in [-0.2, -0.15) is 0 Å². The second kappa shape index (κ2) is 14.2. The number of guanidine groups is 1. The van der Waals surface area contributed by atoms with Crippen molar-refractivity contribution >= 4 is 40.0 Å². The summed E-state index contributed by atoms with van der Waals surface area (Å²) in [4.78, 5) is 7.16. The number of hydrogen-bond acceptors (Lipinski definition) is 4. The Morgan fingerprint density at radius 1 is 1.07 bits per heavy atom. The van der Waals surface area contributed by atoms with Gasteiger partial charge in [0.1, 0.15) is 0 Å². The van der Waals surface area contributed by atoms with Crippen LogP contribution in [-0.2, 0) is 22.3 Å². The van der Waals surface area contributed by atoms with Crippen molar-refractivity contribution in [1.82, 2.24) is 20.3 Å². The zero-order valence-corrected chi connectivity index (χ0v) is 21.6. The molecule has 0 unspecified atom stereocenters. The minimum Gasteiger partial charge on any atom is -0.357 e. The van der Waals surface area contributed by atoms with E-state index in [1.54, 1.807) is 0 Å². The highest BCUT2D eigenvalue weighted by Crippen LogP contribution is 2.10. The minimum absolute atomic E-state index is 0. The summed E-state index contributed by atoms with van der Waals surface area (Å²) in [6.45, 7) is 11.4. The van der Waals surface area contributed by atoms with Crippen molar-refractivity contribution in [3.8, 4) is 0 Å². The van der Waals surface area contributed by atoms with E-state index in [0.717, 1.165) is 36.7 Å². The van der Waals surface area contributed by atoms with Crippen molar-refractivity contribution < 1.29 is 8.42 Å². The first-order chi connectivity index (χ1) is 13.9. The maximum atomic E-state index is 12.0. The highest BCUT2D eigenvalue weighted by atomic mass is 127. The summed E-state index contributed by atoms with van der Waals surface area (Å²) in [5.41, 5.74) is 1.83. The summed E-state index contributed by atoms with van der Waals surface area (Å²) < 4.78 is 26.7. The van der Waals surface area contributed by atoms with E-state index in [4.69, 9.17) is 0 Å². The van der Waals surface area contributed by atoms with Gasteiger partial charge in [0.05, 0.1) is 12.3 Å². The van der Waals surface area contributed by atoms with Crippen LogP contribution in [0.25, 0.3) is 0 Å². The number of likely N-dealkylation sites (tertiary alicyclic amines) is 1. The van der Waals surface area contributed by atoms with Crippen LogP contribution in [0.5, 0.6) is 0 Å². The molecule has 0 amide bonds. The van der Waals surface area contributed by atoms with Crippen LogP contribution in [0, 0.1) is 0 Å². The Bertz CT molecular complexity index is 732. The summed E-state index contributed by atoms with van der Waals surface area (Å²) in [5, 5.41) is 6.69. The Labute approximate surface area is 199 Å². The molecule has 1 aromatic carbocycles. The summed E-state index contributed by atoms with van der Waals surface area (Å²) in [7, 11) is -3.30. The third kappa shape index (κ3) is 10.9. The van der Waals surface area contributed by atoms with Gasteiger partial charge in [0.2, 0.25) is 10.0 Å². The molecule has 1 aliphatic heterocycles. The lowest BCUT2D eigenvalue weighted by Gasteiger charge is -2.26. The van der Waals surface area contributed by atoms with Crippen molar-refractivity contribution in [1.29, 1.82) is 0 Å². The molecule has 0 radical (unpaired) electrons. The van der Waals surface area contributed by atoms with Gasteiger partial charge in [0.25, 0.3) is 0 Å². The lowest BCUT2D eigenvalue weighted by atomic mass is 10.1. The van der Waals surface area contributed by atoms with Gasteiger partial charge in [-0.15, -0.1) is 24.0 Å². The van der Waals surface area contributed by atoms with Crippen molar-refractivity contribution in [2.45, 2.75) is 58.4 Å². The molecule has 172 valence electrons. The third-order valence-corrected chi connectivity index (χ3v) is 6.27. The van der Waals surface area contributed by atoms with Gasteiger partial charge in [0.15, 0.2) is 5.96 Å². The van der Waals surface area contributed by atoms with E-state index in [2.05, 4.69) is 32.2 Å². The Morgan fingerprint density at radius 2 is 1.70 bits per heavy atom. The minimum atomic E-state index is -3.30. The number of halogens is 1. The van der Waals surface area contributed by atoms with E-state index in [1.165, 1.54) is 32.4 Å². The van der Waals surface area contributed by atoms with Crippen LogP contribution in [0.2, 0.25) is 0 Å². The van der Waals surface area contributed by atoms with E-state index in [9.17, 15) is 8.42 Å². The maximum Gasteiger partial charge on any atom is 0.216 e. The second-order valence-electron chi connectivity index (χ2n) is 7.87. The van der Waals surface area contributed by atoms with Crippen LogP contribution in [-0.4, -0.2) is 58.0 Å². The Kier molecular flexibility index (Phi) is 12.8. The molecule has 0 bridgehead atoms. The number of rotatable bonds is 10. The predicted molar refractivity (Wildman–Crippen MR) is 136 cm³/mol. The molecule has 1 saturated heterocycles. The van der Waals surface area contributed by atoms with Crippen molar-refractivity contribution in [3.05, 3.63) is 35.4 Å². The molecular formula is C21H38IN5O2S. The SMILES string of the molecule is CCNC(=NCc1ccc(CS(=O)(=O)NC(C)C)cc1)NCCN1CCCCC1.I. The van der Waals surface area contributed by atoms with Gasteiger partial charge in [-0.1, -0.05) is 30.7 Å². The van der Waals surface area contributed by atoms with Crippen LogP contribution < -0.4 is 15.4 Å². The number of hydrogen-bond donors (Lipinski definition) is 3.